The highest BCUT2D eigenvalue weighted by Crippen LogP contribution is 2.62. The largest absolute Gasteiger partial charge is 0.468 e. The van der Waals surface area contributed by atoms with Crippen LogP contribution in [0.4, 0.5) is 45.5 Å². The Morgan fingerprint density at radius 1 is 0.453 bits per heavy atom. The van der Waals surface area contributed by atoms with E-state index in [1.807, 2.05) is 0 Å². The fraction of sp³-hybridized carbons (Fsp3) is 0.457. The van der Waals surface area contributed by atoms with Crippen molar-refractivity contribution in [1.29, 1.82) is 0 Å². The van der Waals surface area contributed by atoms with Gasteiger partial charge in [0.25, 0.3) is 6.71 Å². The maximum atomic E-state index is 7.60. The molecule has 13 rings (SSSR count). The summed E-state index contributed by atoms with van der Waals surface area (Å²) in [5.41, 5.74) is 24.7. The fourth-order valence-corrected chi connectivity index (χ4v) is 15.6. The quantitative estimate of drug-likeness (QED) is 0.165. The molecule has 1 aromatic heterocycles. The van der Waals surface area contributed by atoms with Gasteiger partial charge in [-0.3, -0.25) is 0 Å². The van der Waals surface area contributed by atoms with Gasteiger partial charge in [0, 0.05) is 50.6 Å². The Balaban J connectivity index is 1.20. The second kappa shape index (κ2) is 15.5. The third kappa shape index (κ3) is 6.86. The second-order valence-electron chi connectivity index (χ2n) is 29.5. The van der Waals surface area contributed by atoms with Gasteiger partial charge in [-0.15, -0.1) is 0 Å². The molecule has 5 heteroatoms. The highest BCUT2D eigenvalue weighted by Gasteiger charge is 2.58. The average molecular weight is 992 g/mol. The van der Waals surface area contributed by atoms with Crippen molar-refractivity contribution >= 4 is 79.8 Å². The van der Waals surface area contributed by atoms with Crippen LogP contribution in [0.1, 0.15) is 201 Å². The highest BCUT2D eigenvalue weighted by atomic mass is 16.3. The topological polar surface area (TPSA) is 22.9 Å². The van der Waals surface area contributed by atoms with Crippen LogP contribution in [-0.4, -0.2) is 12.3 Å². The number of para-hydroxylation sites is 1. The summed E-state index contributed by atoms with van der Waals surface area (Å²) in [6.07, 6.45) is 9.45. The zero-order valence-corrected chi connectivity index (χ0v) is 48.4. The Labute approximate surface area is 450 Å². The Morgan fingerprint density at radius 2 is 1.01 bits per heavy atom. The minimum atomic E-state index is -0.151. The Morgan fingerprint density at radius 3 is 1.67 bits per heavy atom. The average Bonchev–Trinajstić information content (AvgIpc) is 3.90. The molecule has 1 saturated carbocycles. The lowest BCUT2D eigenvalue weighted by atomic mass is 9.35. The van der Waals surface area contributed by atoms with Crippen LogP contribution in [0.2, 0.25) is 0 Å². The molecule has 6 aromatic carbocycles. The first-order valence-electron chi connectivity index (χ1n) is 28.8. The third-order valence-corrected chi connectivity index (χ3v) is 20.8. The van der Waals surface area contributed by atoms with Crippen molar-refractivity contribution in [3.63, 3.8) is 0 Å². The monoisotopic (exact) mass is 992 g/mol. The van der Waals surface area contributed by atoms with Gasteiger partial charge >= 0.3 is 0 Å². The van der Waals surface area contributed by atoms with E-state index in [9.17, 15) is 0 Å². The standard InChI is InChI=1S/C70H82BN3O/c1-63(2,3)43-23-26-45(27-24-43)73-58-40-47(74-55-22-18-17-21-50(55)69(15)31-19-20-32-70(69,74)16)39-57-60(58)71(62-61(73)48-37-44(64(4,5)6)25-30-59(48)75-62)54-41-52-53(68(13,14)36-35-67(52,11)12)42-56(54)72(57)46-28-29-49-51(38-46)66(9,10)34-33-65(49,7)8/h17-18,21-30,37-42H,19-20,31-36H2,1-16H3. The molecule has 0 saturated heterocycles. The minimum absolute atomic E-state index is 0.00209. The van der Waals surface area contributed by atoms with E-state index in [0.717, 1.165) is 42.6 Å². The number of benzene rings is 6. The molecule has 0 radical (unpaired) electrons. The van der Waals surface area contributed by atoms with Crippen LogP contribution < -0.4 is 31.3 Å². The molecular weight excluding hydrogens is 910 g/mol. The van der Waals surface area contributed by atoms with Crippen LogP contribution in [0.5, 0.6) is 0 Å². The first-order chi connectivity index (χ1) is 35.1. The number of hydrogen-bond donors (Lipinski definition) is 0. The van der Waals surface area contributed by atoms with Crippen molar-refractivity contribution in [2.24, 2.45) is 0 Å². The number of rotatable bonds is 3. The summed E-state index contributed by atoms with van der Waals surface area (Å²) in [5.74, 6) is 0. The summed E-state index contributed by atoms with van der Waals surface area (Å²) < 4.78 is 7.60. The maximum Gasteiger partial charge on any atom is 0.297 e. The molecule has 3 aliphatic heterocycles. The van der Waals surface area contributed by atoms with E-state index in [1.165, 1.54) is 121 Å². The van der Waals surface area contributed by atoms with E-state index < -0.39 is 0 Å². The van der Waals surface area contributed by atoms with E-state index in [2.05, 4.69) is 235 Å². The molecule has 2 unspecified atom stereocenters. The first kappa shape index (κ1) is 48.9. The lowest BCUT2D eigenvalue weighted by Crippen LogP contribution is -2.61. The van der Waals surface area contributed by atoms with E-state index in [1.54, 1.807) is 0 Å². The van der Waals surface area contributed by atoms with Gasteiger partial charge < -0.3 is 19.1 Å². The van der Waals surface area contributed by atoms with Crippen LogP contribution in [0.15, 0.2) is 114 Å². The number of fused-ring (bicyclic) bond motifs is 11. The molecular formula is C70H82BN3O. The molecule has 2 atom stereocenters. The van der Waals surface area contributed by atoms with Gasteiger partial charge in [-0.05, 0) is 188 Å². The van der Waals surface area contributed by atoms with E-state index in [-0.39, 0.29) is 50.2 Å². The third-order valence-electron chi connectivity index (χ3n) is 20.8. The number of nitrogens with zero attached hydrogens (tertiary/aromatic N) is 3. The highest BCUT2D eigenvalue weighted by molar-refractivity contribution is 7.00. The van der Waals surface area contributed by atoms with Crippen molar-refractivity contribution in [3.05, 3.63) is 148 Å². The number of hydrogen-bond acceptors (Lipinski definition) is 4. The SMILES string of the molecule is CC(C)(C)c1ccc(N2c3cc(N4c5ccccc5C5(C)CCCCC45C)cc4c3B(c3cc5c(cc3N4c3ccc4c(c3)C(C)(C)CCC4(C)C)C(C)(C)CCC5(C)C)c3oc4ccc(C(C)(C)C)cc4c32)cc1. The van der Waals surface area contributed by atoms with Crippen molar-refractivity contribution in [3.8, 4) is 0 Å². The van der Waals surface area contributed by atoms with Crippen LogP contribution in [0, 0.1) is 0 Å². The lowest BCUT2D eigenvalue weighted by Gasteiger charge is -2.51. The molecule has 0 bridgehead atoms. The predicted octanol–water partition coefficient (Wildman–Crippen LogP) is 17.6. The van der Waals surface area contributed by atoms with Gasteiger partial charge in [-0.1, -0.05) is 165 Å². The molecule has 0 spiro atoms. The molecule has 6 aliphatic rings. The van der Waals surface area contributed by atoms with E-state index in [0.29, 0.717) is 0 Å². The molecule has 7 aromatic rings. The van der Waals surface area contributed by atoms with Crippen molar-refractivity contribution in [2.75, 3.05) is 14.7 Å². The van der Waals surface area contributed by atoms with Crippen molar-refractivity contribution < 1.29 is 4.42 Å². The normalized spacial score (nSPS) is 23.5. The molecule has 75 heavy (non-hydrogen) atoms. The van der Waals surface area contributed by atoms with E-state index >= 15 is 0 Å². The van der Waals surface area contributed by atoms with Crippen molar-refractivity contribution in [2.45, 2.75) is 206 Å². The number of anilines is 8. The molecule has 0 amide bonds. The van der Waals surface area contributed by atoms with Crippen LogP contribution in [0.3, 0.4) is 0 Å². The lowest BCUT2D eigenvalue weighted by molar-refractivity contribution is 0.195. The maximum absolute atomic E-state index is 7.60. The molecule has 386 valence electrons. The summed E-state index contributed by atoms with van der Waals surface area (Å²) in [6.45, 7) is 38.9. The summed E-state index contributed by atoms with van der Waals surface area (Å²) in [4.78, 5) is 8.19. The molecule has 0 N–H and O–H groups in total. The predicted molar refractivity (Wildman–Crippen MR) is 321 cm³/mol. The summed E-state index contributed by atoms with van der Waals surface area (Å²) >= 11 is 0. The van der Waals surface area contributed by atoms with Gasteiger partial charge in [0.15, 0.2) is 0 Å². The van der Waals surface area contributed by atoms with Gasteiger partial charge in [-0.25, -0.2) is 0 Å². The first-order valence-corrected chi connectivity index (χ1v) is 28.8. The molecule has 3 aliphatic carbocycles. The second-order valence-corrected chi connectivity index (χ2v) is 29.5. The summed E-state index contributed by atoms with van der Waals surface area (Å²) in [5, 5.41) is 1.18. The van der Waals surface area contributed by atoms with E-state index in [4.69, 9.17) is 4.42 Å². The van der Waals surface area contributed by atoms with Gasteiger partial charge in [-0.2, -0.15) is 0 Å². The molecule has 4 nitrogen and oxygen atoms in total. The van der Waals surface area contributed by atoms with Gasteiger partial charge in [0.1, 0.15) is 5.58 Å². The van der Waals surface area contributed by atoms with Gasteiger partial charge in [0.2, 0.25) is 0 Å². The summed E-state index contributed by atoms with van der Waals surface area (Å²) in [6, 6.07) is 44.2. The zero-order chi connectivity index (χ0) is 52.9. The van der Waals surface area contributed by atoms with Gasteiger partial charge in [0.05, 0.1) is 16.9 Å². The van der Waals surface area contributed by atoms with Crippen LogP contribution in [-0.2, 0) is 37.9 Å². The zero-order valence-electron chi connectivity index (χ0n) is 48.4. The number of furan rings is 1. The van der Waals surface area contributed by atoms with Crippen LogP contribution in [0.25, 0.3) is 11.0 Å². The van der Waals surface area contributed by atoms with Crippen molar-refractivity contribution in [1.82, 2.24) is 0 Å². The molecule has 4 heterocycles. The summed E-state index contributed by atoms with van der Waals surface area (Å²) in [7, 11) is 0. The minimum Gasteiger partial charge on any atom is -0.468 e. The Bertz CT molecular complexity index is 3540. The fourth-order valence-electron chi connectivity index (χ4n) is 15.6. The molecule has 1 fully saturated rings. The Kier molecular flexibility index (Phi) is 10.1. The Hall–Kier alpha value is -5.68. The smallest absolute Gasteiger partial charge is 0.297 e. The van der Waals surface area contributed by atoms with Crippen LogP contribution >= 0.6 is 0 Å².